The van der Waals surface area contributed by atoms with E-state index < -0.39 is 6.10 Å². The normalized spacial score (nSPS) is 21.4. The van der Waals surface area contributed by atoms with Gasteiger partial charge in [0.05, 0.1) is 11.9 Å². The van der Waals surface area contributed by atoms with Crippen molar-refractivity contribution in [3.63, 3.8) is 0 Å². The van der Waals surface area contributed by atoms with Gasteiger partial charge >= 0.3 is 0 Å². The molecule has 1 aromatic carbocycles. The van der Waals surface area contributed by atoms with Gasteiger partial charge in [0.15, 0.2) is 0 Å². The number of carbonyl (C=O) groups excluding carboxylic acids is 1. The third kappa shape index (κ3) is 3.36. The van der Waals surface area contributed by atoms with Crippen molar-refractivity contribution in [1.29, 1.82) is 0 Å². The van der Waals surface area contributed by atoms with Gasteiger partial charge in [0.25, 0.3) is 0 Å². The molecule has 2 rings (SSSR count). The van der Waals surface area contributed by atoms with E-state index in [4.69, 9.17) is 0 Å². The van der Waals surface area contributed by atoms with Gasteiger partial charge in [0.2, 0.25) is 5.91 Å². The Morgan fingerprint density at radius 3 is 2.45 bits per heavy atom. The molecule has 1 aliphatic rings. The summed E-state index contributed by atoms with van der Waals surface area (Å²) in [6, 6.07) is 8.48. The molecular formula is C16H23NO2S. The number of rotatable bonds is 3. The lowest BCUT2D eigenvalue weighted by molar-refractivity contribution is -0.129. The molecule has 1 aromatic rings. The molecule has 2 unspecified atom stereocenters. The first-order valence-corrected chi connectivity index (χ1v) is 8.03. The predicted molar refractivity (Wildman–Crippen MR) is 83.7 cm³/mol. The van der Waals surface area contributed by atoms with Gasteiger partial charge in [0, 0.05) is 6.54 Å². The second-order valence-electron chi connectivity index (χ2n) is 6.43. The number of amides is 1. The van der Waals surface area contributed by atoms with Gasteiger partial charge in [-0.05, 0) is 23.5 Å². The van der Waals surface area contributed by atoms with Crippen molar-refractivity contribution in [2.45, 2.75) is 44.6 Å². The Morgan fingerprint density at radius 2 is 1.95 bits per heavy atom. The van der Waals surface area contributed by atoms with Crippen molar-refractivity contribution in [2.75, 3.05) is 12.3 Å². The van der Waals surface area contributed by atoms with Crippen LogP contribution in [-0.2, 0) is 10.2 Å². The fourth-order valence-corrected chi connectivity index (χ4v) is 3.56. The zero-order valence-corrected chi connectivity index (χ0v) is 13.4. The van der Waals surface area contributed by atoms with Crippen LogP contribution in [0.5, 0.6) is 0 Å². The molecule has 0 saturated carbocycles. The van der Waals surface area contributed by atoms with Crippen LogP contribution >= 0.6 is 11.8 Å². The minimum absolute atomic E-state index is 0.0334. The molecule has 0 spiro atoms. The van der Waals surface area contributed by atoms with Crippen molar-refractivity contribution < 1.29 is 9.90 Å². The van der Waals surface area contributed by atoms with Crippen molar-refractivity contribution in [3.8, 4) is 0 Å². The van der Waals surface area contributed by atoms with Crippen molar-refractivity contribution >= 4 is 17.7 Å². The number of β-amino-alcohol motifs (C(OH)–C–C–N with tert-alkyl or cyclic N) is 1. The number of aliphatic hydroxyl groups excluding tert-OH is 1. The summed E-state index contributed by atoms with van der Waals surface area (Å²) in [6.07, 6.45) is -0.492. The standard InChI is InChI=1S/C16H23NO2S/c1-11(18)9-17-14(19)10-20-15(17)12-5-7-13(8-6-12)16(2,3)4/h5-8,11,15,18H,9-10H2,1-4H3. The van der Waals surface area contributed by atoms with E-state index in [1.807, 2.05) is 0 Å². The molecule has 1 saturated heterocycles. The summed E-state index contributed by atoms with van der Waals surface area (Å²) in [5.74, 6) is 0.610. The van der Waals surface area contributed by atoms with Gasteiger partial charge in [-0.15, -0.1) is 11.8 Å². The van der Waals surface area contributed by atoms with Crippen LogP contribution in [0.15, 0.2) is 24.3 Å². The first-order chi connectivity index (χ1) is 9.29. The zero-order valence-electron chi connectivity index (χ0n) is 12.6. The lowest BCUT2D eigenvalue weighted by Crippen LogP contribution is -2.34. The molecular weight excluding hydrogens is 270 g/mol. The Morgan fingerprint density at radius 1 is 1.35 bits per heavy atom. The Labute approximate surface area is 125 Å². The number of thioether (sulfide) groups is 1. The Hall–Kier alpha value is -1.00. The van der Waals surface area contributed by atoms with Gasteiger partial charge in [-0.25, -0.2) is 0 Å². The summed E-state index contributed by atoms with van der Waals surface area (Å²) in [5.41, 5.74) is 2.56. The highest BCUT2D eigenvalue weighted by Gasteiger charge is 2.33. The summed E-state index contributed by atoms with van der Waals surface area (Å²) < 4.78 is 0. The highest BCUT2D eigenvalue weighted by atomic mass is 32.2. The van der Waals surface area contributed by atoms with Crippen LogP contribution < -0.4 is 0 Å². The highest BCUT2D eigenvalue weighted by Crippen LogP contribution is 2.39. The van der Waals surface area contributed by atoms with E-state index in [0.717, 1.165) is 5.56 Å². The van der Waals surface area contributed by atoms with E-state index in [1.54, 1.807) is 23.6 Å². The van der Waals surface area contributed by atoms with Crippen LogP contribution in [0, 0.1) is 0 Å². The molecule has 4 heteroatoms. The average Bonchev–Trinajstić information content (AvgIpc) is 2.70. The van der Waals surface area contributed by atoms with E-state index >= 15 is 0 Å². The smallest absolute Gasteiger partial charge is 0.233 e. The second kappa shape index (κ2) is 5.78. The maximum atomic E-state index is 11.9. The number of hydrogen-bond donors (Lipinski definition) is 1. The molecule has 0 aliphatic carbocycles. The molecule has 2 atom stereocenters. The van der Waals surface area contributed by atoms with Gasteiger partial charge in [0.1, 0.15) is 5.37 Å². The van der Waals surface area contributed by atoms with Crippen LogP contribution in [-0.4, -0.2) is 34.3 Å². The molecule has 3 nitrogen and oxygen atoms in total. The summed E-state index contributed by atoms with van der Waals surface area (Å²) >= 11 is 1.63. The number of benzene rings is 1. The minimum atomic E-state index is -0.492. The molecule has 0 aromatic heterocycles. The van der Waals surface area contributed by atoms with Crippen LogP contribution in [0.1, 0.15) is 44.2 Å². The van der Waals surface area contributed by atoms with E-state index in [0.29, 0.717) is 12.3 Å². The maximum absolute atomic E-state index is 11.9. The Kier molecular flexibility index (Phi) is 4.45. The third-order valence-corrected chi connectivity index (χ3v) is 4.75. The number of hydrogen-bond acceptors (Lipinski definition) is 3. The van der Waals surface area contributed by atoms with Gasteiger partial charge in [-0.1, -0.05) is 45.0 Å². The summed E-state index contributed by atoms with van der Waals surface area (Å²) in [6.45, 7) is 8.69. The highest BCUT2D eigenvalue weighted by molar-refractivity contribution is 8.00. The summed E-state index contributed by atoms with van der Waals surface area (Å²) in [5, 5.41) is 9.58. The van der Waals surface area contributed by atoms with Gasteiger partial charge in [-0.3, -0.25) is 4.79 Å². The fraction of sp³-hybridized carbons (Fsp3) is 0.562. The van der Waals surface area contributed by atoms with Crippen molar-refractivity contribution in [2.24, 2.45) is 0 Å². The molecule has 110 valence electrons. The molecule has 1 heterocycles. The second-order valence-corrected chi connectivity index (χ2v) is 7.50. The van der Waals surface area contributed by atoms with Gasteiger partial charge < -0.3 is 10.0 Å². The molecule has 20 heavy (non-hydrogen) atoms. The van der Waals surface area contributed by atoms with Crippen LogP contribution in [0.2, 0.25) is 0 Å². The van der Waals surface area contributed by atoms with E-state index in [-0.39, 0.29) is 16.7 Å². The average molecular weight is 293 g/mol. The molecule has 1 N–H and O–H groups in total. The largest absolute Gasteiger partial charge is 0.392 e. The first-order valence-electron chi connectivity index (χ1n) is 6.98. The number of carbonyl (C=O) groups is 1. The third-order valence-electron chi connectivity index (χ3n) is 3.49. The monoisotopic (exact) mass is 293 g/mol. The van der Waals surface area contributed by atoms with Crippen LogP contribution in [0.3, 0.4) is 0 Å². The lowest BCUT2D eigenvalue weighted by Gasteiger charge is -2.26. The first kappa shape index (κ1) is 15.4. The van der Waals surface area contributed by atoms with E-state index in [9.17, 15) is 9.90 Å². The summed E-state index contributed by atoms with van der Waals surface area (Å²) in [4.78, 5) is 13.7. The predicted octanol–water partition coefficient (Wildman–Crippen LogP) is 2.94. The minimum Gasteiger partial charge on any atom is -0.392 e. The maximum Gasteiger partial charge on any atom is 0.233 e. The van der Waals surface area contributed by atoms with Crippen LogP contribution in [0.25, 0.3) is 0 Å². The number of aliphatic hydroxyl groups is 1. The Balaban J connectivity index is 2.20. The molecule has 0 bridgehead atoms. The molecule has 1 amide bonds. The quantitative estimate of drug-likeness (QED) is 0.931. The molecule has 1 fully saturated rings. The lowest BCUT2D eigenvalue weighted by atomic mass is 9.86. The van der Waals surface area contributed by atoms with Crippen LogP contribution in [0.4, 0.5) is 0 Å². The topological polar surface area (TPSA) is 40.5 Å². The Bertz CT molecular complexity index is 476. The SMILES string of the molecule is CC(O)CN1C(=O)CSC1c1ccc(C(C)(C)C)cc1. The molecule has 0 radical (unpaired) electrons. The van der Waals surface area contributed by atoms with Gasteiger partial charge in [-0.2, -0.15) is 0 Å². The van der Waals surface area contributed by atoms with Crippen molar-refractivity contribution in [3.05, 3.63) is 35.4 Å². The van der Waals surface area contributed by atoms with E-state index in [1.165, 1.54) is 5.56 Å². The zero-order chi connectivity index (χ0) is 14.9. The fourth-order valence-electron chi connectivity index (χ4n) is 2.36. The summed E-state index contributed by atoms with van der Waals surface area (Å²) in [7, 11) is 0. The van der Waals surface area contributed by atoms with Crippen molar-refractivity contribution in [1.82, 2.24) is 4.90 Å². The number of nitrogens with zero attached hydrogens (tertiary/aromatic N) is 1. The molecule has 1 aliphatic heterocycles. The van der Waals surface area contributed by atoms with E-state index in [2.05, 4.69) is 45.0 Å².